The Kier molecular flexibility index (Phi) is 6.18. The van der Waals surface area contributed by atoms with Crippen LogP contribution in [0.4, 0.5) is 0 Å². The molecule has 4 rings (SSSR count). The van der Waals surface area contributed by atoms with Gasteiger partial charge in [-0.05, 0) is 26.3 Å². The van der Waals surface area contributed by atoms with Crippen molar-refractivity contribution in [2.45, 2.75) is 39.8 Å². The molecule has 0 saturated carbocycles. The van der Waals surface area contributed by atoms with Gasteiger partial charge >= 0.3 is 0 Å². The van der Waals surface area contributed by atoms with Crippen LogP contribution in [0.3, 0.4) is 0 Å². The van der Waals surface area contributed by atoms with Crippen LogP contribution in [0, 0.1) is 12.8 Å². The predicted octanol–water partition coefficient (Wildman–Crippen LogP) is 4.66. The first-order valence-electron chi connectivity index (χ1n) is 10.6. The summed E-state index contributed by atoms with van der Waals surface area (Å²) in [5.74, 6) is -0.249. The normalized spacial score (nSPS) is 16.2. The molecule has 5 nitrogen and oxygen atoms in total. The van der Waals surface area contributed by atoms with E-state index >= 15 is 0 Å². The lowest BCUT2D eigenvalue weighted by Crippen LogP contribution is -2.35. The van der Waals surface area contributed by atoms with Crippen molar-refractivity contribution in [3.05, 3.63) is 65.0 Å². The molecule has 1 saturated heterocycles. The molecule has 31 heavy (non-hydrogen) atoms. The number of thiazole rings is 1. The molecule has 1 fully saturated rings. The van der Waals surface area contributed by atoms with Crippen molar-refractivity contribution < 1.29 is 9.59 Å². The van der Waals surface area contributed by atoms with E-state index in [1.165, 1.54) is 5.56 Å². The second kappa shape index (κ2) is 9.02. The van der Waals surface area contributed by atoms with Crippen LogP contribution in [0.1, 0.15) is 31.4 Å². The van der Waals surface area contributed by atoms with E-state index in [9.17, 15) is 9.59 Å². The van der Waals surface area contributed by atoms with Gasteiger partial charge in [0.25, 0.3) is 0 Å². The number of nitrogens with zero attached hydrogens (tertiary/aromatic N) is 2. The third-order valence-corrected chi connectivity index (χ3v) is 6.56. The third kappa shape index (κ3) is 4.85. The van der Waals surface area contributed by atoms with E-state index in [-0.39, 0.29) is 23.8 Å². The zero-order valence-electron chi connectivity index (χ0n) is 18.1. The van der Waals surface area contributed by atoms with E-state index < -0.39 is 0 Å². The molecule has 1 aliphatic rings. The van der Waals surface area contributed by atoms with Crippen molar-refractivity contribution in [1.29, 1.82) is 0 Å². The zero-order valence-corrected chi connectivity index (χ0v) is 18.9. The fourth-order valence-corrected chi connectivity index (χ4v) is 4.60. The van der Waals surface area contributed by atoms with Crippen LogP contribution in [0.15, 0.2) is 53.9 Å². The number of hydrogen-bond acceptors (Lipinski definition) is 4. The number of benzene rings is 2. The molecule has 1 N–H and O–H groups in total. The second-order valence-electron chi connectivity index (χ2n) is 8.36. The standard InChI is InChI=1S/C25H27N3O2S/c1-16(2)28-14-21(12-23(28)29)24(30)26-13-18-6-10-20(11-7-18)25-27-22(15-31-25)19-8-4-17(3)5-9-19/h4-11,15-16,21H,12-14H2,1-3H3,(H,26,30). The van der Waals surface area contributed by atoms with Crippen molar-refractivity contribution in [3.63, 3.8) is 0 Å². The number of rotatable bonds is 6. The Labute approximate surface area is 187 Å². The van der Waals surface area contributed by atoms with Gasteiger partial charge in [0, 0.05) is 42.1 Å². The van der Waals surface area contributed by atoms with E-state index in [1.54, 1.807) is 16.2 Å². The summed E-state index contributed by atoms with van der Waals surface area (Å²) in [6.07, 6.45) is 0.302. The lowest BCUT2D eigenvalue weighted by atomic mass is 10.1. The predicted molar refractivity (Wildman–Crippen MR) is 125 cm³/mol. The molecule has 1 unspecified atom stereocenters. The maximum Gasteiger partial charge on any atom is 0.225 e. The third-order valence-electron chi connectivity index (χ3n) is 5.67. The van der Waals surface area contributed by atoms with E-state index in [0.717, 1.165) is 27.4 Å². The topological polar surface area (TPSA) is 62.3 Å². The van der Waals surface area contributed by atoms with Crippen molar-refractivity contribution in [2.75, 3.05) is 6.54 Å². The van der Waals surface area contributed by atoms with Gasteiger partial charge in [-0.3, -0.25) is 9.59 Å². The van der Waals surface area contributed by atoms with Crippen molar-refractivity contribution in [2.24, 2.45) is 5.92 Å². The van der Waals surface area contributed by atoms with E-state index in [1.807, 2.05) is 38.1 Å². The van der Waals surface area contributed by atoms with Crippen LogP contribution < -0.4 is 5.32 Å². The lowest BCUT2D eigenvalue weighted by Gasteiger charge is -2.20. The quantitative estimate of drug-likeness (QED) is 0.615. The van der Waals surface area contributed by atoms with E-state index in [4.69, 9.17) is 4.98 Å². The molecule has 1 aliphatic heterocycles. The summed E-state index contributed by atoms with van der Waals surface area (Å²) in [5, 5.41) is 6.04. The van der Waals surface area contributed by atoms with Gasteiger partial charge in [0.05, 0.1) is 11.6 Å². The van der Waals surface area contributed by atoms with Crippen molar-refractivity contribution in [3.8, 4) is 21.8 Å². The molecule has 0 radical (unpaired) electrons. The van der Waals surface area contributed by atoms with Crippen LogP contribution in [-0.2, 0) is 16.1 Å². The molecule has 1 atom stereocenters. The summed E-state index contributed by atoms with van der Waals surface area (Å²) in [6, 6.07) is 16.6. The fraction of sp³-hybridized carbons (Fsp3) is 0.320. The SMILES string of the molecule is Cc1ccc(-c2csc(-c3ccc(CNC(=O)C4CC(=O)N(C(C)C)C4)cc3)n2)cc1. The van der Waals surface area contributed by atoms with Crippen LogP contribution in [0.25, 0.3) is 21.8 Å². The molecular formula is C25H27N3O2S. The number of aromatic nitrogens is 1. The minimum atomic E-state index is -0.260. The summed E-state index contributed by atoms with van der Waals surface area (Å²) in [6.45, 7) is 7.00. The van der Waals surface area contributed by atoms with Crippen molar-refractivity contribution in [1.82, 2.24) is 15.2 Å². The van der Waals surface area contributed by atoms with Gasteiger partial charge in [0.1, 0.15) is 5.01 Å². The summed E-state index contributed by atoms with van der Waals surface area (Å²) in [5.41, 5.74) is 5.43. The minimum Gasteiger partial charge on any atom is -0.352 e. The molecule has 2 aromatic carbocycles. The first kappa shape index (κ1) is 21.2. The largest absolute Gasteiger partial charge is 0.352 e. The van der Waals surface area contributed by atoms with Gasteiger partial charge in [0.2, 0.25) is 11.8 Å². The number of nitrogens with one attached hydrogen (secondary N) is 1. The fourth-order valence-electron chi connectivity index (χ4n) is 3.77. The molecular weight excluding hydrogens is 406 g/mol. The molecule has 2 heterocycles. The Balaban J connectivity index is 1.35. The molecule has 0 bridgehead atoms. The van der Waals surface area contributed by atoms with Crippen molar-refractivity contribution >= 4 is 23.2 Å². The van der Waals surface area contributed by atoms with Gasteiger partial charge in [-0.15, -0.1) is 11.3 Å². The van der Waals surface area contributed by atoms with Gasteiger partial charge in [-0.25, -0.2) is 4.98 Å². The Bertz CT molecular complexity index is 1070. The van der Waals surface area contributed by atoms with Crippen LogP contribution >= 0.6 is 11.3 Å². The number of aryl methyl sites for hydroxylation is 1. The Morgan fingerprint density at radius 3 is 2.45 bits per heavy atom. The van der Waals surface area contributed by atoms with Crippen LogP contribution in [0.5, 0.6) is 0 Å². The number of carbonyl (C=O) groups excluding carboxylic acids is 2. The maximum absolute atomic E-state index is 12.5. The monoisotopic (exact) mass is 433 g/mol. The highest BCUT2D eigenvalue weighted by Crippen LogP contribution is 2.29. The molecule has 6 heteroatoms. The number of hydrogen-bond donors (Lipinski definition) is 1. The summed E-state index contributed by atoms with van der Waals surface area (Å²) >= 11 is 1.63. The summed E-state index contributed by atoms with van der Waals surface area (Å²) < 4.78 is 0. The van der Waals surface area contributed by atoms with Gasteiger partial charge in [-0.2, -0.15) is 0 Å². The summed E-state index contributed by atoms with van der Waals surface area (Å²) in [7, 11) is 0. The molecule has 3 aromatic rings. The molecule has 2 amide bonds. The minimum absolute atomic E-state index is 0.0526. The molecule has 0 aliphatic carbocycles. The molecule has 1 aromatic heterocycles. The first-order chi connectivity index (χ1) is 14.9. The highest BCUT2D eigenvalue weighted by Gasteiger charge is 2.35. The first-order valence-corrected chi connectivity index (χ1v) is 11.5. The van der Waals surface area contributed by atoms with E-state index in [0.29, 0.717) is 19.5 Å². The number of carbonyl (C=O) groups is 2. The highest BCUT2D eigenvalue weighted by molar-refractivity contribution is 7.13. The Morgan fingerprint density at radius 2 is 1.81 bits per heavy atom. The average molecular weight is 434 g/mol. The zero-order chi connectivity index (χ0) is 22.0. The smallest absolute Gasteiger partial charge is 0.225 e. The van der Waals surface area contributed by atoms with E-state index in [2.05, 4.69) is 41.9 Å². The van der Waals surface area contributed by atoms with Gasteiger partial charge < -0.3 is 10.2 Å². The van der Waals surface area contributed by atoms with Crippen LogP contribution in [0.2, 0.25) is 0 Å². The van der Waals surface area contributed by atoms with Gasteiger partial charge in [-0.1, -0.05) is 54.1 Å². The highest BCUT2D eigenvalue weighted by atomic mass is 32.1. The van der Waals surface area contributed by atoms with Crippen LogP contribution in [-0.4, -0.2) is 34.3 Å². The maximum atomic E-state index is 12.5. The molecule has 0 spiro atoms. The molecule has 160 valence electrons. The number of likely N-dealkylation sites (tertiary alicyclic amines) is 1. The van der Waals surface area contributed by atoms with Gasteiger partial charge in [0.15, 0.2) is 0 Å². The number of amides is 2. The Morgan fingerprint density at radius 1 is 1.13 bits per heavy atom. The summed E-state index contributed by atoms with van der Waals surface area (Å²) in [4.78, 5) is 31.1. The lowest BCUT2D eigenvalue weighted by molar-refractivity contribution is -0.130. The second-order valence-corrected chi connectivity index (χ2v) is 9.22. The Hall–Kier alpha value is -2.99. The average Bonchev–Trinajstić information content (AvgIpc) is 3.40.